The molecule has 0 saturated heterocycles. The largest absolute Gasteiger partial charge is 0.443 e. The number of nitrogens with zero attached hydrogens (tertiary/aromatic N) is 3. The fraction of sp³-hybridized carbons (Fsp3) is 0.0976. The molecule has 0 atom stereocenters. The van der Waals surface area contributed by atoms with Gasteiger partial charge in [0.05, 0.1) is 28.1 Å². The number of para-hydroxylation sites is 4. The molecule has 1 aromatic heterocycles. The number of aromatic nitrogens is 2. The standard InChI is InChI=1S/C41H31N3O/c1-40(2)31-19-9-12-22-35(31)43(36-23-13-10-20-32(36)40)30-25-26-37-33(27-30)41(28-15-5-3-6-16-28,29-17-7-4-8-18-29)45-39-42-34-21-11-14-24-38(34)44(37)39/h3-27H,1-2H3. The van der Waals surface area contributed by atoms with Crippen molar-refractivity contribution in [2.24, 2.45) is 0 Å². The summed E-state index contributed by atoms with van der Waals surface area (Å²) in [4.78, 5) is 7.43. The first-order chi connectivity index (χ1) is 22.1. The van der Waals surface area contributed by atoms with E-state index in [0.29, 0.717) is 6.01 Å². The van der Waals surface area contributed by atoms with Crippen LogP contribution in [0.3, 0.4) is 0 Å². The lowest BCUT2D eigenvalue weighted by molar-refractivity contribution is 0.128. The van der Waals surface area contributed by atoms with E-state index < -0.39 is 5.60 Å². The van der Waals surface area contributed by atoms with Crippen LogP contribution in [-0.4, -0.2) is 9.55 Å². The molecule has 4 nitrogen and oxygen atoms in total. The Hall–Kier alpha value is -5.61. The molecule has 7 aromatic rings. The molecule has 45 heavy (non-hydrogen) atoms. The molecule has 0 saturated carbocycles. The van der Waals surface area contributed by atoms with Gasteiger partial charge in [-0.05, 0) is 53.6 Å². The zero-order chi connectivity index (χ0) is 30.2. The first-order valence-corrected chi connectivity index (χ1v) is 15.5. The van der Waals surface area contributed by atoms with E-state index in [9.17, 15) is 0 Å². The fourth-order valence-electron chi connectivity index (χ4n) is 7.53. The SMILES string of the molecule is CC1(C)c2ccccc2N(c2ccc3c(c2)C(c2ccccc2)(c2ccccc2)Oc2nc4ccccc4n2-3)c2ccccc21. The summed E-state index contributed by atoms with van der Waals surface area (Å²) < 4.78 is 9.42. The van der Waals surface area contributed by atoms with Crippen molar-refractivity contribution in [3.8, 4) is 11.7 Å². The quantitative estimate of drug-likeness (QED) is 0.208. The predicted octanol–water partition coefficient (Wildman–Crippen LogP) is 9.82. The average Bonchev–Trinajstić information content (AvgIpc) is 3.47. The molecule has 0 unspecified atom stereocenters. The number of rotatable bonds is 3. The summed E-state index contributed by atoms with van der Waals surface area (Å²) in [6, 6.07) is 54.4. The lowest BCUT2D eigenvalue weighted by Crippen LogP contribution is -2.40. The highest BCUT2D eigenvalue weighted by molar-refractivity contribution is 5.87. The number of ether oxygens (including phenoxy) is 1. The minimum Gasteiger partial charge on any atom is -0.443 e. The second-order valence-corrected chi connectivity index (χ2v) is 12.4. The van der Waals surface area contributed by atoms with Gasteiger partial charge < -0.3 is 9.64 Å². The Morgan fingerprint density at radius 3 is 1.73 bits per heavy atom. The third-order valence-electron chi connectivity index (χ3n) is 9.63. The predicted molar refractivity (Wildman–Crippen MR) is 181 cm³/mol. The van der Waals surface area contributed by atoms with Crippen LogP contribution in [0.1, 0.15) is 41.7 Å². The monoisotopic (exact) mass is 581 g/mol. The van der Waals surface area contributed by atoms with E-state index in [2.05, 4.69) is 163 Å². The van der Waals surface area contributed by atoms with Crippen LogP contribution in [0.2, 0.25) is 0 Å². The molecule has 9 rings (SSSR count). The van der Waals surface area contributed by atoms with E-state index >= 15 is 0 Å². The Kier molecular flexibility index (Phi) is 5.42. The van der Waals surface area contributed by atoms with Gasteiger partial charge in [0.15, 0.2) is 5.60 Å². The van der Waals surface area contributed by atoms with Crippen LogP contribution in [-0.2, 0) is 11.0 Å². The van der Waals surface area contributed by atoms with E-state index in [-0.39, 0.29) is 5.41 Å². The van der Waals surface area contributed by atoms with Crippen LogP contribution in [0.4, 0.5) is 17.1 Å². The van der Waals surface area contributed by atoms with E-state index in [0.717, 1.165) is 39.1 Å². The van der Waals surface area contributed by atoms with Crippen molar-refractivity contribution in [3.63, 3.8) is 0 Å². The highest BCUT2D eigenvalue weighted by atomic mass is 16.5. The van der Waals surface area contributed by atoms with Gasteiger partial charge >= 0.3 is 6.01 Å². The van der Waals surface area contributed by atoms with E-state index in [4.69, 9.17) is 9.72 Å². The van der Waals surface area contributed by atoms with Crippen molar-refractivity contribution in [3.05, 3.63) is 179 Å². The molecule has 2 aliphatic rings. The third-order valence-corrected chi connectivity index (χ3v) is 9.63. The Bertz CT molecular complexity index is 2140. The van der Waals surface area contributed by atoms with Gasteiger partial charge in [0.25, 0.3) is 0 Å². The Balaban J connectivity index is 1.38. The topological polar surface area (TPSA) is 30.3 Å². The van der Waals surface area contributed by atoms with Gasteiger partial charge in [-0.1, -0.05) is 123 Å². The van der Waals surface area contributed by atoms with Gasteiger partial charge in [0, 0.05) is 27.8 Å². The second-order valence-electron chi connectivity index (χ2n) is 12.4. The second kappa shape index (κ2) is 9.44. The molecule has 0 N–H and O–H groups in total. The number of benzene rings is 6. The third kappa shape index (κ3) is 3.57. The summed E-state index contributed by atoms with van der Waals surface area (Å²) in [5.74, 6) is 0. The number of hydrogen-bond acceptors (Lipinski definition) is 3. The van der Waals surface area contributed by atoms with Crippen molar-refractivity contribution in [2.75, 3.05) is 4.90 Å². The molecule has 6 aromatic carbocycles. The lowest BCUT2D eigenvalue weighted by atomic mass is 9.73. The van der Waals surface area contributed by atoms with Crippen molar-refractivity contribution in [1.29, 1.82) is 0 Å². The molecular formula is C41H31N3O. The molecule has 0 radical (unpaired) electrons. The zero-order valence-electron chi connectivity index (χ0n) is 25.2. The smallest absolute Gasteiger partial charge is 0.303 e. The van der Waals surface area contributed by atoms with Crippen LogP contribution >= 0.6 is 0 Å². The van der Waals surface area contributed by atoms with E-state index in [1.54, 1.807) is 0 Å². The molecule has 4 heteroatoms. The first-order valence-electron chi connectivity index (χ1n) is 15.5. The molecule has 0 bridgehead atoms. The number of fused-ring (bicyclic) bond motifs is 7. The van der Waals surface area contributed by atoms with E-state index in [1.807, 2.05) is 12.1 Å². The summed E-state index contributed by atoms with van der Waals surface area (Å²) in [5, 5.41) is 0. The Labute approximate surface area is 262 Å². The summed E-state index contributed by atoms with van der Waals surface area (Å²) in [6.45, 7) is 4.65. The molecule has 0 amide bonds. The number of hydrogen-bond donors (Lipinski definition) is 0. The first kappa shape index (κ1) is 25.8. The molecule has 0 aliphatic carbocycles. The van der Waals surface area contributed by atoms with Crippen LogP contribution in [0.5, 0.6) is 6.01 Å². The van der Waals surface area contributed by atoms with Gasteiger partial charge in [0.2, 0.25) is 0 Å². The molecule has 0 spiro atoms. The lowest BCUT2D eigenvalue weighted by Gasteiger charge is -2.43. The van der Waals surface area contributed by atoms with Crippen molar-refractivity contribution in [1.82, 2.24) is 9.55 Å². The molecule has 0 fully saturated rings. The molecule has 2 aliphatic heterocycles. The molecule has 3 heterocycles. The van der Waals surface area contributed by atoms with Gasteiger partial charge in [-0.3, -0.25) is 4.57 Å². The Morgan fingerprint density at radius 2 is 1.09 bits per heavy atom. The summed E-state index contributed by atoms with van der Waals surface area (Å²) >= 11 is 0. The maximum Gasteiger partial charge on any atom is 0.303 e. The molecule has 216 valence electrons. The highest BCUT2D eigenvalue weighted by Gasteiger charge is 2.46. The van der Waals surface area contributed by atoms with Gasteiger partial charge in [-0.25, -0.2) is 0 Å². The minimum atomic E-state index is -0.931. The van der Waals surface area contributed by atoms with Crippen molar-refractivity contribution >= 4 is 28.1 Å². The van der Waals surface area contributed by atoms with Crippen molar-refractivity contribution in [2.45, 2.75) is 24.9 Å². The van der Waals surface area contributed by atoms with Crippen LogP contribution < -0.4 is 9.64 Å². The van der Waals surface area contributed by atoms with Gasteiger partial charge in [-0.15, -0.1) is 0 Å². The average molecular weight is 582 g/mol. The normalized spacial score (nSPS) is 15.4. The van der Waals surface area contributed by atoms with Gasteiger partial charge in [-0.2, -0.15) is 4.98 Å². The van der Waals surface area contributed by atoms with E-state index in [1.165, 1.54) is 22.5 Å². The number of imidazole rings is 1. The van der Waals surface area contributed by atoms with Crippen LogP contribution in [0, 0.1) is 0 Å². The zero-order valence-corrected chi connectivity index (χ0v) is 25.2. The summed E-state index contributed by atoms with van der Waals surface area (Å²) in [6.07, 6.45) is 0. The Morgan fingerprint density at radius 1 is 0.533 bits per heavy atom. The van der Waals surface area contributed by atoms with Crippen LogP contribution in [0.25, 0.3) is 16.7 Å². The minimum absolute atomic E-state index is 0.135. The summed E-state index contributed by atoms with van der Waals surface area (Å²) in [5.41, 5.74) is 11.1. The summed E-state index contributed by atoms with van der Waals surface area (Å²) in [7, 11) is 0. The van der Waals surface area contributed by atoms with Crippen molar-refractivity contribution < 1.29 is 4.74 Å². The number of anilines is 3. The fourth-order valence-corrected chi connectivity index (χ4v) is 7.53. The maximum atomic E-state index is 7.25. The maximum absolute atomic E-state index is 7.25. The highest BCUT2D eigenvalue weighted by Crippen LogP contribution is 2.54. The van der Waals surface area contributed by atoms with Crippen LogP contribution in [0.15, 0.2) is 152 Å². The van der Waals surface area contributed by atoms with Gasteiger partial charge in [0.1, 0.15) is 0 Å². The molecular weight excluding hydrogens is 550 g/mol.